The van der Waals surface area contributed by atoms with Crippen LogP contribution in [0.15, 0.2) is 47.6 Å². The van der Waals surface area contributed by atoms with Gasteiger partial charge in [0.2, 0.25) is 5.91 Å². The van der Waals surface area contributed by atoms with Gasteiger partial charge in [-0.3, -0.25) is 24.3 Å². The number of carbonyl (C=O) groups excluding carboxylic acids is 3. The Labute approximate surface area is 197 Å². The van der Waals surface area contributed by atoms with Crippen molar-refractivity contribution in [2.45, 2.75) is 46.1 Å². The first-order chi connectivity index (χ1) is 16.2. The first-order valence-corrected chi connectivity index (χ1v) is 11.5. The van der Waals surface area contributed by atoms with Gasteiger partial charge < -0.3 is 15.6 Å². The molecule has 1 aromatic heterocycles. The molecule has 0 aromatic carbocycles. The predicted molar refractivity (Wildman–Crippen MR) is 126 cm³/mol. The number of halogens is 1. The number of imide groups is 1. The van der Waals surface area contributed by atoms with Crippen molar-refractivity contribution in [2.75, 3.05) is 18.4 Å². The second-order valence-corrected chi connectivity index (χ2v) is 8.84. The molecule has 0 saturated heterocycles. The fourth-order valence-electron chi connectivity index (χ4n) is 4.43. The highest BCUT2D eigenvalue weighted by molar-refractivity contribution is 6.24. The number of nitrogens with zero attached hydrogens (tertiary/aromatic N) is 3. The molecule has 1 unspecified atom stereocenters. The minimum Gasteiger partial charge on any atom is -0.357 e. The number of hydrogen-bond acceptors (Lipinski definition) is 6. The van der Waals surface area contributed by atoms with Crippen molar-refractivity contribution in [3.63, 3.8) is 0 Å². The molecule has 8 nitrogen and oxygen atoms in total. The van der Waals surface area contributed by atoms with E-state index in [0.717, 1.165) is 0 Å². The van der Waals surface area contributed by atoms with Crippen molar-refractivity contribution < 1.29 is 18.8 Å². The molecule has 1 aliphatic carbocycles. The largest absolute Gasteiger partial charge is 0.357 e. The SMILES string of the molecule is CCC(C)N1C(=O)C2=C(C1=O)N(CC(=O)Nc1ccc(C3=CC=C(F)[C@@H](C)C3=N)nc1)CCC2. The summed E-state index contributed by atoms with van der Waals surface area (Å²) in [6.45, 7) is 5.87. The zero-order chi connectivity index (χ0) is 24.6. The van der Waals surface area contributed by atoms with E-state index < -0.39 is 5.92 Å². The van der Waals surface area contributed by atoms with Crippen LogP contribution in [0.1, 0.15) is 45.7 Å². The topological polar surface area (TPSA) is 106 Å². The highest BCUT2D eigenvalue weighted by Crippen LogP contribution is 2.33. The number of aromatic nitrogens is 1. The minimum absolute atomic E-state index is 0.0503. The summed E-state index contributed by atoms with van der Waals surface area (Å²) in [5, 5.41) is 10.9. The summed E-state index contributed by atoms with van der Waals surface area (Å²) in [6, 6.07) is 3.15. The molecule has 9 heteroatoms. The van der Waals surface area contributed by atoms with Crippen LogP contribution in [0, 0.1) is 11.3 Å². The third-order valence-corrected chi connectivity index (χ3v) is 6.59. The summed E-state index contributed by atoms with van der Waals surface area (Å²) >= 11 is 0. The number of rotatable bonds is 6. The van der Waals surface area contributed by atoms with Gasteiger partial charge in [-0.15, -0.1) is 0 Å². The minimum atomic E-state index is -0.619. The Kier molecular flexibility index (Phi) is 6.45. The molecular weight excluding hydrogens is 437 g/mol. The average Bonchev–Trinajstić information content (AvgIpc) is 3.08. The van der Waals surface area contributed by atoms with Crippen molar-refractivity contribution in [3.05, 3.63) is 53.3 Å². The molecule has 3 amide bonds. The smallest absolute Gasteiger partial charge is 0.277 e. The van der Waals surface area contributed by atoms with E-state index in [0.29, 0.717) is 54.0 Å². The Bertz CT molecular complexity index is 1150. The third kappa shape index (κ3) is 4.18. The molecule has 2 aliphatic heterocycles. The van der Waals surface area contributed by atoms with Crippen LogP contribution in [0.3, 0.4) is 0 Å². The van der Waals surface area contributed by atoms with Gasteiger partial charge >= 0.3 is 0 Å². The Morgan fingerprint density at radius 2 is 2.06 bits per heavy atom. The summed E-state index contributed by atoms with van der Waals surface area (Å²) in [5.41, 5.74) is 2.52. The summed E-state index contributed by atoms with van der Waals surface area (Å²) in [4.78, 5) is 45.8. The van der Waals surface area contributed by atoms with E-state index in [-0.39, 0.29) is 41.8 Å². The van der Waals surface area contributed by atoms with Gasteiger partial charge in [0.15, 0.2) is 0 Å². The lowest BCUT2D eigenvalue weighted by molar-refractivity contribution is -0.140. The zero-order valence-electron chi connectivity index (χ0n) is 19.5. The summed E-state index contributed by atoms with van der Waals surface area (Å²) < 4.78 is 13.7. The van der Waals surface area contributed by atoms with Crippen LogP contribution in [0.2, 0.25) is 0 Å². The average molecular weight is 466 g/mol. The van der Waals surface area contributed by atoms with E-state index in [9.17, 15) is 18.8 Å². The van der Waals surface area contributed by atoms with Crippen LogP contribution in [0.4, 0.5) is 10.1 Å². The first-order valence-electron chi connectivity index (χ1n) is 11.5. The Morgan fingerprint density at radius 1 is 1.29 bits per heavy atom. The standard InChI is InChI=1S/C25H28FN5O3/c1-4-14(2)31-24(33)18-6-5-11-30(23(18)25(31)34)13-21(32)29-16-7-10-20(28-12-16)17-8-9-19(26)15(3)22(17)27/h7-10,12,14-15,27H,4-6,11,13H2,1-3H3,(H,29,32)/t14?,15-/m1/s1. The number of nitrogens with one attached hydrogen (secondary N) is 2. The van der Waals surface area contributed by atoms with Gasteiger partial charge in [0, 0.05) is 23.7 Å². The van der Waals surface area contributed by atoms with Gasteiger partial charge in [-0.25, -0.2) is 4.39 Å². The van der Waals surface area contributed by atoms with Crippen LogP contribution >= 0.6 is 0 Å². The lowest BCUT2D eigenvalue weighted by Gasteiger charge is -2.28. The normalized spacial score (nSPS) is 21.4. The van der Waals surface area contributed by atoms with Gasteiger partial charge in [0.1, 0.15) is 11.5 Å². The van der Waals surface area contributed by atoms with Gasteiger partial charge in [-0.2, -0.15) is 0 Å². The van der Waals surface area contributed by atoms with Gasteiger partial charge in [-0.05, 0) is 50.5 Å². The molecule has 2 N–H and O–H groups in total. The molecule has 0 fully saturated rings. The van der Waals surface area contributed by atoms with Gasteiger partial charge in [-0.1, -0.05) is 13.8 Å². The lowest BCUT2D eigenvalue weighted by Crippen LogP contribution is -2.42. The number of amides is 3. The molecular formula is C25H28FN5O3. The summed E-state index contributed by atoms with van der Waals surface area (Å²) in [6.07, 6.45) is 6.26. The van der Waals surface area contributed by atoms with E-state index in [1.54, 1.807) is 24.0 Å². The highest BCUT2D eigenvalue weighted by Gasteiger charge is 2.44. The predicted octanol–water partition coefficient (Wildman–Crippen LogP) is 3.44. The Hall–Kier alpha value is -3.62. The fraction of sp³-hybridized carbons (Fsp3) is 0.400. The number of pyridine rings is 1. The van der Waals surface area contributed by atoms with E-state index in [1.165, 1.54) is 23.2 Å². The maximum atomic E-state index is 13.7. The van der Waals surface area contributed by atoms with E-state index in [1.807, 2.05) is 13.8 Å². The number of hydrogen-bond donors (Lipinski definition) is 2. The molecule has 1 aromatic rings. The van der Waals surface area contributed by atoms with Crippen molar-refractivity contribution in [2.24, 2.45) is 5.92 Å². The van der Waals surface area contributed by atoms with Crippen molar-refractivity contribution >= 4 is 34.7 Å². The Morgan fingerprint density at radius 3 is 2.74 bits per heavy atom. The van der Waals surface area contributed by atoms with Crippen LogP contribution < -0.4 is 5.32 Å². The Balaban J connectivity index is 1.44. The van der Waals surface area contributed by atoms with Gasteiger partial charge in [0.05, 0.1) is 35.8 Å². The second kappa shape index (κ2) is 9.32. The molecule has 3 aliphatic rings. The quantitative estimate of drug-likeness (QED) is 0.626. The van der Waals surface area contributed by atoms with Crippen LogP contribution in [-0.4, -0.2) is 57.3 Å². The monoisotopic (exact) mass is 465 g/mol. The molecule has 178 valence electrons. The van der Waals surface area contributed by atoms with Gasteiger partial charge in [0.25, 0.3) is 11.8 Å². The number of anilines is 1. The molecule has 34 heavy (non-hydrogen) atoms. The lowest BCUT2D eigenvalue weighted by atomic mass is 9.90. The molecule has 4 rings (SSSR count). The second-order valence-electron chi connectivity index (χ2n) is 8.84. The van der Waals surface area contributed by atoms with Crippen LogP contribution in [-0.2, 0) is 14.4 Å². The molecule has 0 radical (unpaired) electrons. The van der Waals surface area contributed by atoms with Crippen molar-refractivity contribution in [1.29, 1.82) is 5.41 Å². The molecule has 0 spiro atoms. The summed E-state index contributed by atoms with van der Waals surface area (Å²) in [5.74, 6) is -1.87. The zero-order valence-corrected chi connectivity index (χ0v) is 19.5. The third-order valence-electron chi connectivity index (χ3n) is 6.59. The van der Waals surface area contributed by atoms with E-state index >= 15 is 0 Å². The molecule has 0 saturated carbocycles. The van der Waals surface area contributed by atoms with E-state index in [2.05, 4.69) is 10.3 Å². The maximum absolute atomic E-state index is 13.7. The molecule has 2 atom stereocenters. The van der Waals surface area contributed by atoms with Crippen LogP contribution in [0.5, 0.6) is 0 Å². The van der Waals surface area contributed by atoms with Crippen molar-refractivity contribution in [1.82, 2.24) is 14.8 Å². The summed E-state index contributed by atoms with van der Waals surface area (Å²) in [7, 11) is 0. The molecule has 3 heterocycles. The van der Waals surface area contributed by atoms with E-state index in [4.69, 9.17) is 5.41 Å². The molecule has 0 bridgehead atoms. The van der Waals surface area contributed by atoms with Crippen LogP contribution in [0.25, 0.3) is 5.57 Å². The maximum Gasteiger partial charge on any atom is 0.277 e. The number of carbonyl (C=O) groups is 3. The number of allylic oxidation sites excluding steroid dienone is 4. The fourth-order valence-corrected chi connectivity index (χ4v) is 4.43. The first kappa shape index (κ1) is 23.5. The van der Waals surface area contributed by atoms with Crippen molar-refractivity contribution in [3.8, 4) is 0 Å². The highest BCUT2D eigenvalue weighted by atomic mass is 19.1.